The topological polar surface area (TPSA) is 75.8 Å². The summed E-state index contributed by atoms with van der Waals surface area (Å²) in [5.74, 6) is -0.895. The minimum absolute atomic E-state index is 0.0506. The van der Waals surface area contributed by atoms with E-state index in [0.717, 1.165) is 0 Å². The van der Waals surface area contributed by atoms with Gasteiger partial charge in [-0.1, -0.05) is 0 Å². The molecule has 0 aromatic heterocycles. The molecule has 0 aliphatic heterocycles. The van der Waals surface area contributed by atoms with Gasteiger partial charge < -0.3 is 15.6 Å². The van der Waals surface area contributed by atoms with Crippen molar-refractivity contribution >= 4 is 5.97 Å². The van der Waals surface area contributed by atoms with E-state index in [-0.39, 0.29) is 12.6 Å². The van der Waals surface area contributed by atoms with Crippen molar-refractivity contribution < 1.29 is 14.6 Å². The van der Waals surface area contributed by atoms with Crippen molar-refractivity contribution in [1.82, 2.24) is 4.90 Å². The molecule has 0 heterocycles. The molecule has 0 rings (SSSR count). The van der Waals surface area contributed by atoms with Crippen molar-refractivity contribution in [3.63, 3.8) is 0 Å². The third-order valence-electron chi connectivity index (χ3n) is 2.10. The quantitative estimate of drug-likeness (QED) is 0.583. The number of methoxy groups -OCH3 is 1. The lowest BCUT2D eigenvalue weighted by Crippen LogP contribution is -2.49. The van der Waals surface area contributed by atoms with Gasteiger partial charge in [0.25, 0.3) is 0 Å². The van der Waals surface area contributed by atoms with Gasteiger partial charge in [0, 0.05) is 19.7 Å². The summed E-state index contributed by atoms with van der Waals surface area (Å²) in [4.78, 5) is 12.4. The highest BCUT2D eigenvalue weighted by atomic mass is 16.5. The zero-order chi connectivity index (χ0) is 10.4. The predicted octanol–water partition coefficient (Wildman–Crippen LogP) is -0.635. The van der Waals surface area contributed by atoms with Gasteiger partial charge in [-0.2, -0.15) is 0 Å². The van der Waals surface area contributed by atoms with E-state index in [1.807, 2.05) is 6.92 Å². The molecule has 5 heteroatoms. The number of carboxylic acids is 1. The van der Waals surface area contributed by atoms with E-state index in [4.69, 9.17) is 15.6 Å². The average Bonchev–Trinajstić information content (AvgIpc) is 2.05. The van der Waals surface area contributed by atoms with Gasteiger partial charge in [0.15, 0.2) is 0 Å². The van der Waals surface area contributed by atoms with Crippen LogP contribution in [0.5, 0.6) is 0 Å². The monoisotopic (exact) mass is 190 g/mol. The average molecular weight is 190 g/mol. The molecule has 0 aromatic carbocycles. The Kier molecular flexibility index (Phi) is 5.61. The molecule has 0 aliphatic rings. The minimum atomic E-state index is -0.895. The third-order valence-corrected chi connectivity index (χ3v) is 2.10. The number of carbonyl (C=O) groups is 1. The SMILES string of the molecule is COCC(C)N(C)C(CN)C(=O)O. The Hall–Kier alpha value is -0.650. The first-order valence-electron chi connectivity index (χ1n) is 4.18. The second-order valence-electron chi connectivity index (χ2n) is 3.06. The smallest absolute Gasteiger partial charge is 0.322 e. The Labute approximate surface area is 78.5 Å². The van der Waals surface area contributed by atoms with Crippen LogP contribution < -0.4 is 5.73 Å². The van der Waals surface area contributed by atoms with Crippen molar-refractivity contribution in [2.24, 2.45) is 5.73 Å². The van der Waals surface area contributed by atoms with Gasteiger partial charge in [-0.25, -0.2) is 0 Å². The van der Waals surface area contributed by atoms with Crippen molar-refractivity contribution in [2.75, 3.05) is 27.3 Å². The number of aliphatic carboxylic acids is 1. The van der Waals surface area contributed by atoms with Crippen molar-refractivity contribution in [3.05, 3.63) is 0 Å². The highest BCUT2D eigenvalue weighted by Gasteiger charge is 2.24. The van der Waals surface area contributed by atoms with Gasteiger partial charge in [0.1, 0.15) is 6.04 Å². The second-order valence-corrected chi connectivity index (χ2v) is 3.06. The van der Waals surface area contributed by atoms with E-state index in [2.05, 4.69) is 0 Å². The normalized spacial score (nSPS) is 15.8. The predicted molar refractivity (Wildman–Crippen MR) is 49.6 cm³/mol. The maximum atomic E-state index is 10.7. The van der Waals surface area contributed by atoms with Crippen LogP contribution in [0.1, 0.15) is 6.92 Å². The molecule has 3 N–H and O–H groups in total. The maximum absolute atomic E-state index is 10.7. The van der Waals surface area contributed by atoms with E-state index < -0.39 is 12.0 Å². The number of ether oxygens (including phenoxy) is 1. The molecular formula is C8H18N2O3. The lowest BCUT2D eigenvalue weighted by Gasteiger charge is -2.28. The molecule has 78 valence electrons. The Balaban J connectivity index is 4.18. The molecule has 0 bridgehead atoms. The van der Waals surface area contributed by atoms with E-state index in [1.165, 1.54) is 0 Å². The molecule has 0 aliphatic carbocycles. The Morgan fingerprint density at radius 2 is 2.23 bits per heavy atom. The van der Waals surface area contributed by atoms with E-state index in [0.29, 0.717) is 6.61 Å². The lowest BCUT2D eigenvalue weighted by atomic mass is 10.2. The molecule has 13 heavy (non-hydrogen) atoms. The van der Waals surface area contributed by atoms with Crippen LogP contribution in [0.3, 0.4) is 0 Å². The summed E-state index contributed by atoms with van der Waals surface area (Å²) in [6.45, 7) is 2.51. The number of nitrogens with two attached hydrogens (primary N) is 1. The molecule has 0 saturated heterocycles. The van der Waals surface area contributed by atoms with Gasteiger partial charge in [0.05, 0.1) is 6.61 Å². The maximum Gasteiger partial charge on any atom is 0.322 e. The number of likely N-dealkylation sites (N-methyl/N-ethyl adjacent to an activating group) is 1. The first-order valence-corrected chi connectivity index (χ1v) is 4.18. The number of hydrogen-bond donors (Lipinski definition) is 2. The molecule has 0 fully saturated rings. The van der Waals surface area contributed by atoms with Gasteiger partial charge in [0.2, 0.25) is 0 Å². The molecule has 0 saturated carbocycles. The van der Waals surface area contributed by atoms with E-state index in [1.54, 1.807) is 19.1 Å². The third kappa shape index (κ3) is 3.71. The standard InChI is InChI=1S/C8H18N2O3/c1-6(5-13-3)10(2)7(4-9)8(11)12/h6-7H,4-5,9H2,1-3H3,(H,11,12). The minimum Gasteiger partial charge on any atom is -0.480 e. The zero-order valence-electron chi connectivity index (χ0n) is 8.36. The van der Waals surface area contributed by atoms with Crippen LogP contribution in [0.2, 0.25) is 0 Å². The summed E-state index contributed by atoms with van der Waals surface area (Å²) in [5.41, 5.74) is 5.35. The summed E-state index contributed by atoms with van der Waals surface area (Å²) < 4.78 is 4.92. The summed E-state index contributed by atoms with van der Waals surface area (Å²) in [5, 5.41) is 8.80. The van der Waals surface area contributed by atoms with Crippen LogP contribution in [0.15, 0.2) is 0 Å². The van der Waals surface area contributed by atoms with Crippen LogP contribution in [0.4, 0.5) is 0 Å². The van der Waals surface area contributed by atoms with Crippen molar-refractivity contribution in [2.45, 2.75) is 19.0 Å². The number of hydrogen-bond acceptors (Lipinski definition) is 4. The van der Waals surface area contributed by atoms with Crippen LogP contribution in [0.25, 0.3) is 0 Å². The fraction of sp³-hybridized carbons (Fsp3) is 0.875. The Morgan fingerprint density at radius 1 is 1.69 bits per heavy atom. The first-order chi connectivity index (χ1) is 6.04. The number of rotatable bonds is 6. The Bertz CT molecular complexity index is 163. The van der Waals surface area contributed by atoms with E-state index in [9.17, 15) is 4.79 Å². The summed E-state index contributed by atoms with van der Waals surface area (Å²) >= 11 is 0. The van der Waals surface area contributed by atoms with Crippen LogP contribution >= 0.6 is 0 Å². The van der Waals surface area contributed by atoms with Gasteiger partial charge >= 0.3 is 5.97 Å². The molecule has 0 spiro atoms. The van der Waals surface area contributed by atoms with Gasteiger partial charge in [-0.05, 0) is 14.0 Å². The molecule has 0 amide bonds. The van der Waals surface area contributed by atoms with Gasteiger partial charge in [-0.3, -0.25) is 9.69 Å². The van der Waals surface area contributed by atoms with Crippen LogP contribution in [0, 0.1) is 0 Å². The van der Waals surface area contributed by atoms with Crippen LogP contribution in [-0.4, -0.2) is 55.4 Å². The van der Waals surface area contributed by atoms with Crippen LogP contribution in [-0.2, 0) is 9.53 Å². The second kappa shape index (κ2) is 5.90. The Morgan fingerprint density at radius 3 is 2.54 bits per heavy atom. The molecule has 2 atom stereocenters. The van der Waals surface area contributed by atoms with E-state index >= 15 is 0 Å². The van der Waals surface area contributed by atoms with Crippen molar-refractivity contribution in [3.8, 4) is 0 Å². The molecule has 5 nitrogen and oxygen atoms in total. The van der Waals surface area contributed by atoms with Crippen molar-refractivity contribution in [1.29, 1.82) is 0 Å². The molecular weight excluding hydrogens is 172 g/mol. The lowest BCUT2D eigenvalue weighted by molar-refractivity contribution is -0.143. The summed E-state index contributed by atoms with van der Waals surface area (Å²) in [7, 11) is 3.32. The first kappa shape index (κ1) is 12.3. The zero-order valence-corrected chi connectivity index (χ0v) is 8.36. The van der Waals surface area contributed by atoms with Gasteiger partial charge in [-0.15, -0.1) is 0 Å². The molecule has 0 aromatic rings. The fourth-order valence-electron chi connectivity index (χ4n) is 1.11. The summed E-state index contributed by atoms with van der Waals surface area (Å²) in [6.07, 6.45) is 0. The molecule has 2 unspecified atom stereocenters. The highest BCUT2D eigenvalue weighted by Crippen LogP contribution is 2.02. The highest BCUT2D eigenvalue weighted by molar-refractivity contribution is 5.73. The molecule has 0 radical (unpaired) electrons. The largest absolute Gasteiger partial charge is 0.480 e. The fourth-order valence-corrected chi connectivity index (χ4v) is 1.11. The number of nitrogens with zero attached hydrogens (tertiary/aromatic N) is 1. The summed E-state index contributed by atoms with van der Waals surface area (Å²) in [6, 6.07) is -0.584. The number of carboxylic acid groups (broad SMARTS) is 1.